The summed E-state index contributed by atoms with van der Waals surface area (Å²) in [4.78, 5) is 26.4. The number of ether oxygens (including phenoxy) is 1. The second-order valence-corrected chi connectivity index (χ2v) is 8.72. The maximum absolute atomic E-state index is 13.5. The molecule has 0 spiro atoms. The van der Waals surface area contributed by atoms with E-state index in [1.54, 1.807) is 0 Å². The number of hydrogen-bond acceptors (Lipinski definition) is 3. The van der Waals surface area contributed by atoms with Crippen LogP contribution in [0.25, 0.3) is 0 Å². The summed E-state index contributed by atoms with van der Waals surface area (Å²) in [6, 6.07) is 13.5. The van der Waals surface area contributed by atoms with Crippen LogP contribution in [0.2, 0.25) is 0 Å². The highest BCUT2D eigenvalue weighted by Crippen LogP contribution is 2.25. The molecular weight excluding hydrogens is 400 g/mol. The van der Waals surface area contributed by atoms with Crippen LogP contribution < -0.4 is 5.32 Å². The first-order valence-electron chi connectivity index (χ1n) is 11.7. The van der Waals surface area contributed by atoms with Crippen molar-refractivity contribution in [3.05, 3.63) is 64.7 Å². The molecule has 174 valence electrons. The number of aryl methyl sites for hydroxylation is 3. The third-order valence-corrected chi connectivity index (χ3v) is 6.40. The number of likely N-dealkylation sites (N-methyl/N-ethyl adjacent to an activating group) is 1. The van der Waals surface area contributed by atoms with Crippen LogP contribution in [-0.4, -0.2) is 42.0 Å². The van der Waals surface area contributed by atoms with Crippen molar-refractivity contribution in [3.63, 3.8) is 0 Å². The Morgan fingerprint density at radius 3 is 2.09 bits per heavy atom. The second kappa shape index (κ2) is 11.8. The summed E-state index contributed by atoms with van der Waals surface area (Å²) in [6.07, 6.45) is 1.58. The number of esters is 1. The summed E-state index contributed by atoms with van der Waals surface area (Å²) in [5.74, 6) is -0.296. The summed E-state index contributed by atoms with van der Waals surface area (Å²) in [5, 5.41) is 3.19. The highest BCUT2D eigenvalue weighted by Gasteiger charge is 2.41. The first-order valence-corrected chi connectivity index (χ1v) is 11.7. The van der Waals surface area contributed by atoms with E-state index >= 15 is 0 Å². The minimum absolute atomic E-state index is 0.0264. The molecule has 2 rings (SSSR count). The zero-order chi connectivity index (χ0) is 23.7. The summed E-state index contributed by atoms with van der Waals surface area (Å²) in [6.45, 7) is 14.1. The lowest BCUT2D eigenvalue weighted by Gasteiger charge is -2.42. The molecule has 0 aromatic heterocycles. The van der Waals surface area contributed by atoms with Crippen molar-refractivity contribution < 1.29 is 18.8 Å². The first-order chi connectivity index (χ1) is 15.3. The lowest BCUT2D eigenvalue weighted by Crippen LogP contribution is -2.61. The Balaban J connectivity index is 2.21. The number of amides is 1. The molecule has 1 unspecified atom stereocenters. The maximum atomic E-state index is 13.5. The number of anilines is 1. The molecule has 0 radical (unpaired) electrons. The molecule has 0 heterocycles. The van der Waals surface area contributed by atoms with Crippen molar-refractivity contribution in [3.8, 4) is 0 Å². The molecule has 5 nitrogen and oxygen atoms in total. The number of quaternary nitrogens is 1. The molecule has 2 aromatic rings. The third kappa shape index (κ3) is 6.42. The monoisotopic (exact) mass is 439 g/mol. The van der Waals surface area contributed by atoms with Gasteiger partial charge in [-0.2, -0.15) is 0 Å². The normalized spacial score (nSPS) is 12.3. The molecule has 0 saturated heterocycles. The topological polar surface area (TPSA) is 55.4 Å². The van der Waals surface area contributed by atoms with Crippen LogP contribution in [0.15, 0.2) is 42.5 Å². The summed E-state index contributed by atoms with van der Waals surface area (Å²) < 4.78 is 5.96. The number of benzene rings is 2. The second-order valence-electron chi connectivity index (χ2n) is 8.72. The van der Waals surface area contributed by atoms with Crippen LogP contribution in [0.4, 0.5) is 5.69 Å². The molecule has 1 N–H and O–H groups in total. The van der Waals surface area contributed by atoms with Crippen LogP contribution >= 0.6 is 0 Å². The molecule has 0 aliphatic carbocycles. The van der Waals surface area contributed by atoms with Crippen LogP contribution in [0, 0.1) is 20.8 Å². The molecule has 2 aromatic carbocycles. The average molecular weight is 440 g/mol. The van der Waals surface area contributed by atoms with E-state index in [2.05, 4.69) is 31.3 Å². The Kier molecular flexibility index (Phi) is 9.45. The standard InChI is InChI=1S/C27H38N2O3/c1-7-13-24(27(31)28-26-21(5)16-20(4)17-22(26)6)29(8-2,9-3)18-25(30)32-19-23-14-11-10-12-15-23/h10-12,14-17,24H,7-9,13,18-19H2,1-6H3/p+1. The van der Waals surface area contributed by atoms with Crippen molar-refractivity contribution in [1.82, 2.24) is 0 Å². The lowest BCUT2D eigenvalue weighted by molar-refractivity contribution is -0.933. The molecule has 1 amide bonds. The number of hydrogen-bond donors (Lipinski definition) is 1. The summed E-state index contributed by atoms with van der Waals surface area (Å²) >= 11 is 0. The number of carbonyl (C=O) groups excluding carboxylic acids is 2. The highest BCUT2D eigenvalue weighted by molar-refractivity contribution is 5.95. The molecule has 0 bridgehead atoms. The summed E-state index contributed by atoms with van der Waals surface area (Å²) in [5.41, 5.74) is 5.12. The van der Waals surface area contributed by atoms with E-state index in [0.717, 1.165) is 28.8 Å². The van der Waals surface area contributed by atoms with E-state index in [9.17, 15) is 9.59 Å². The van der Waals surface area contributed by atoms with Gasteiger partial charge in [0.2, 0.25) is 0 Å². The smallest absolute Gasteiger partial charge is 0.362 e. The number of nitrogens with one attached hydrogen (secondary N) is 1. The number of rotatable bonds is 11. The van der Waals surface area contributed by atoms with E-state index in [4.69, 9.17) is 4.74 Å². The van der Waals surface area contributed by atoms with Crippen LogP contribution in [0.1, 0.15) is 55.9 Å². The molecule has 0 aliphatic rings. The van der Waals surface area contributed by atoms with Gasteiger partial charge < -0.3 is 14.5 Å². The van der Waals surface area contributed by atoms with Crippen molar-refractivity contribution >= 4 is 17.6 Å². The van der Waals surface area contributed by atoms with E-state index in [1.165, 1.54) is 5.56 Å². The predicted octanol–water partition coefficient (Wildman–Crippen LogP) is 5.32. The number of nitrogens with zero attached hydrogens (tertiary/aromatic N) is 1. The highest BCUT2D eigenvalue weighted by atomic mass is 16.5. The van der Waals surface area contributed by atoms with Gasteiger partial charge in [0, 0.05) is 12.1 Å². The van der Waals surface area contributed by atoms with E-state index in [-0.39, 0.29) is 31.1 Å². The maximum Gasteiger partial charge on any atom is 0.362 e. The van der Waals surface area contributed by atoms with E-state index < -0.39 is 0 Å². The third-order valence-electron chi connectivity index (χ3n) is 6.40. The fourth-order valence-electron chi connectivity index (χ4n) is 4.55. The van der Waals surface area contributed by atoms with Crippen LogP contribution in [0.3, 0.4) is 0 Å². The average Bonchev–Trinajstić information content (AvgIpc) is 2.77. The zero-order valence-corrected chi connectivity index (χ0v) is 20.5. The minimum Gasteiger partial charge on any atom is -0.457 e. The molecular formula is C27H39N2O3+. The predicted molar refractivity (Wildman–Crippen MR) is 130 cm³/mol. The Morgan fingerprint density at radius 1 is 0.969 bits per heavy atom. The van der Waals surface area contributed by atoms with Gasteiger partial charge in [-0.25, -0.2) is 4.79 Å². The Hall–Kier alpha value is -2.66. The first kappa shape index (κ1) is 25.6. The minimum atomic E-state index is -0.320. The van der Waals surface area contributed by atoms with Crippen LogP contribution in [-0.2, 0) is 20.9 Å². The fraction of sp³-hybridized carbons (Fsp3) is 0.481. The van der Waals surface area contributed by atoms with Gasteiger partial charge >= 0.3 is 5.97 Å². The Labute approximate surface area is 193 Å². The van der Waals surface area contributed by atoms with E-state index in [0.29, 0.717) is 24.0 Å². The molecule has 5 heteroatoms. The van der Waals surface area contributed by atoms with Gasteiger partial charge in [-0.15, -0.1) is 0 Å². The van der Waals surface area contributed by atoms with Gasteiger partial charge in [0.05, 0.1) is 13.1 Å². The van der Waals surface area contributed by atoms with Gasteiger partial charge in [0.1, 0.15) is 6.61 Å². The van der Waals surface area contributed by atoms with Crippen LogP contribution in [0.5, 0.6) is 0 Å². The van der Waals surface area contributed by atoms with Crippen molar-refractivity contribution in [2.75, 3.05) is 25.0 Å². The molecule has 32 heavy (non-hydrogen) atoms. The van der Waals surface area contributed by atoms with Crippen molar-refractivity contribution in [2.24, 2.45) is 0 Å². The lowest BCUT2D eigenvalue weighted by atomic mass is 10.0. The quantitative estimate of drug-likeness (QED) is 0.381. The summed E-state index contributed by atoms with van der Waals surface area (Å²) in [7, 11) is 0. The van der Waals surface area contributed by atoms with Gasteiger partial charge in [0.15, 0.2) is 12.6 Å². The SMILES string of the molecule is CCCC(C(=O)Nc1c(C)cc(C)cc1C)[N+](CC)(CC)CC(=O)OCc1ccccc1. The molecule has 0 aliphatic heterocycles. The fourth-order valence-corrected chi connectivity index (χ4v) is 4.55. The molecule has 1 atom stereocenters. The van der Waals surface area contributed by atoms with Crippen molar-refractivity contribution in [2.45, 2.75) is 67.0 Å². The molecule has 0 fully saturated rings. The van der Waals surface area contributed by atoms with Gasteiger partial charge in [0.25, 0.3) is 5.91 Å². The Bertz CT molecular complexity index is 881. The van der Waals surface area contributed by atoms with Gasteiger partial charge in [-0.3, -0.25) is 4.79 Å². The van der Waals surface area contributed by atoms with Crippen molar-refractivity contribution in [1.29, 1.82) is 0 Å². The van der Waals surface area contributed by atoms with E-state index in [1.807, 2.05) is 58.0 Å². The van der Waals surface area contributed by atoms with Gasteiger partial charge in [-0.05, 0) is 57.7 Å². The largest absolute Gasteiger partial charge is 0.457 e. The Morgan fingerprint density at radius 2 is 1.56 bits per heavy atom. The zero-order valence-electron chi connectivity index (χ0n) is 20.5. The molecule has 0 saturated carbocycles. The number of carbonyl (C=O) groups is 2. The van der Waals surface area contributed by atoms with Gasteiger partial charge in [-0.1, -0.05) is 55.0 Å².